The van der Waals surface area contributed by atoms with E-state index >= 15 is 0 Å². The van der Waals surface area contributed by atoms with Crippen LogP contribution in [-0.2, 0) is 4.74 Å². The molecule has 0 aliphatic heterocycles. The van der Waals surface area contributed by atoms with Gasteiger partial charge in [-0.25, -0.2) is 4.79 Å². The summed E-state index contributed by atoms with van der Waals surface area (Å²) < 4.78 is 10.1. The zero-order valence-electron chi connectivity index (χ0n) is 11.0. The van der Waals surface area contributed by atoms with Crippen LogP contribution in [0.2, 0.25) is 0 Å². The fourth-order valence-electron chi connectivity index (χ4n) is 1.79. The molecule has 1 aromatic rings. The molecule has 0 bridgehead atoms. The monoisotopic (exact) mass is 250 g/mol. The number of nitrogens with zero attached hydrogens (tertiary/aromatic N) is 2. The van der Waals surface area contributed by atoms with Gasteiger partial charge in [0.2, 0.25) is 5.76 Å². The van der Waals surface area contributed by atoms with Gasteiger partial charge in [-0.1, -0.05) is 6.92 Å². The molecule has 5 heteroatoms. The molecule has 0 saturated carbocycles. The van der Waals surface area contributed by atoms with Crippen molar-refractivity contribution in [3.63, 3.8) is 0 Å². The Labute approximate surface area is 107 Å². The normalized spacial score (nSPS) is 12.2. The van der Waals surface area contributed by atoms with E-state index in [1.165, 1.54) is 7.11 Å². The number of esters is 1. The first kappa shape index (κ1) is 14.3. The van der Waals surface area contributed by atoms with E-state index in [4.69, 9.17) is 9.68 Å². The number of methoxy groups -OCH3 is 1. The molecule has 1 heterocycles. The van der Waals surface area contributed by atoms with E-state index < -0.39 is 5.97 Å². The Kier molecular flexibility index (Phi) is 5.40. The molecule has 0 N–H and O–H groups in total. The number of ether oxygens (including phenoxy) is 1. The van der Waals surface area contributed by atoms with Crippen LogP contribution in [0.15, 0.2) is 16.5 Å². The molecule has 5 nitrogen and oxygen atoms in total. The molecule has 18 heavy (non-hydrogen) atoms. The third-order valence-electron chi connectivity index (χ3n) is 2.89. The van der Waals surface area contributed by atoms with Gasteiger partial charge in [-0.2, -0.15) is 5.26 Å². The van der Waals surface area contributed by atoms with Crippen molar-refractivity contribution in [2.45, 2.75) is 26.3 Å². The van der Waals surface area contributed by atoms with E-state index in [2.05, 4.69) is 15.7 Å². The number of carbonyl (C=O) groups excluding carboxylic acids is 1. The molecule has 1 atom stereocenters. The quantitative estimate of drug-likeness (QED) is 0.725. The van der Waals surface area contributed by atoms with Crippen molar-refractivity contribution in [1.29, 1.82) is 5.26 Å². The molecule has 0 saturated heterocycles. The van der Waals surface area contributed by atoms with Crippen molar-refractivity contribution in [3.8, 4) is 6.07 Å². The summed E-state index contributed by atoms with van der Waals surface area (Å²) in [4.78, 5) is 13.4. The lowest BCUT2D eigenvalue weighted by Crippen LogP contribution is -2.27. The van der Waals surface area contributed by atoms with Crippen molar-refractivity contribution in [3.05, 3.63) is 23.7 Å². The number of hydrogen-bond donors (Lipinski definition) is 0. The maximum Gasteiger partial charge on any atom is 0.373 e. The van der Waals surface area contributed by atoms with Crippen LogP contribution in [0.3, 0.4) is 0 Å². The van der Waals surface area contributed by atoms with Crippen LogP contribution in [0.25, 0.3) is 0 Å². The lowest BCUT2D eigenvalue weighted by molar-refractivity contribution is 0.0559. The molecule has 0 spiro atoms. The van der Waals surface area contributed by atoms with Gasteiger partial charge in [-0.15, -0.1) is 0 Å². The first-order valence-electron chi connectivity index (χ1n) is 5.93. The lowest BCUT2D eigenvalue weighted by Gasteiger charge is -2.25. The molecule has 0 amide bonds. The fourth-order valence-corrected chi connectivity index (χ4v) is 1.79. The van der Waals surface area contributed by atoms with Gasteiger partial charge in [-0.3, -0.25) is 4.90 Å². The summed E-state index contributed by atoms with van der Waals surface area (Å²) in [6.45, 7) is 5.51. The van der Waals surface area contributed by atoms with Crippen LogP contribution < -0.4 is 0 Å². The molecule has 0 radical (unpaired) electrons. The largest absolute Gasteiger partial charge is 0.463 e. The van der Waals surface area contributed by atoms with Crippen molar-refractivity contribution in [1.82, 2.24) is 4.90 Å². The molecule has 1 aromatic heterocycles. The summed E-state index contributed by atoms with van der Waals surface area (Å²) in [5, 5.41) is 8.61. The van der Waals surface area contributed by atoms with Crippen molar-refractivity contribution in [2.75, 3.05) is 20.2 Å². The first-order valence-corrected chi connectivity index (χ1v) is 5.93. The number of nitriles is 1. The predicted molar refractivity (Wildman–Crippen MR) is 65.9 cm³/mol. The SMILES string of the molecule is CCN(CCC#N)C(C)c1ccc(C(=O)OC)o1. The summed E-state index contributed by atoms with van der Waals surface area (Å²) in [7, 11) is 1.32. The second-order valence-corrected chi connectivity index (χ2v) is 3.91. The molecule has 0 aliphatic rings. The minimum absolute atomic E-state index is 0.0294. The zero-order chi connectivity index (χ0) is 13.5. The summed E-state index contributed by atoms with van der Waals surface area (Å²) in [6, 6.07) is 5.53. The predicted octanol–water partition coefficient (Wildman–Crippen LogP) is 2.36. The molecule has 0 aliphatic carbocycles. The molecular weight excluding hydrogens is 232 g/mol. The standard InChI is InChI=1S/C13H18N2O3/c1-4-15(9-5-8-14)10(2)11-6-7-12(18-11)13(16)17-3/h6-7,10H,4-5,9H2,1-3H3. The van der Waals surface area contributed by atoms with E-state index in [0.29, 0.717) is 18.7 Å². The summed E-state index contributed by atoms with van der Waals surface area (Å²) in [5.41, 5.74) is 0. The highest BCUT2D eigenvalue weighted by Gasteiger charge is 2.19. The molecule has 1 unspecified atom stereocenters. The highest BCUT2D eigenvalue weighted by atomic mass is 16.5. The second-order valence-electron chi connectivity index (χ2n) is 3.91. The molecule has 0 aromatic carbocycles. The van der Waals surface area contributed by atoms with Gasteiger partial charge in [0, 0.05) is 13.0 Å². The Morgan fingerprint density at radius 3 is 2.89 bits per heavy atom. The van der Waals surface area contributed by atoms with E-state index in [1.54, 1.807) is 12.1 Å². The van der Waals surface area contributed by atoms with Crippen molar-refractivity contribution < 1.29 is 13.9 Å². The van der Waals surface area contributed by atoms with Crippen LogP contribution in [0.5, 0.6) is 0 Å². The zero-order valence-corrected chi connectivity index (χ0v) is 11.0. The Hall–Kier alpha value is -1.80. The highest BCUT2D eigenvalue weighted by Crippen LogP contribution is 2.22. The van der Waals surface area contributed by atoms with Gasteiger partial charge in [-0.05, 0) is 25.6 Å². The number of hydrogen-bond acceptors (Lipinski definition) is 5. The maximum atomic E-state index is 11.3. The third kappa shape index (κ3) is 3.34. The van der Waals surface area contributed by atoms with E-state index in [1.807, 2.05) is 13.8 Å². The number of carbonyl (C=O) groups is 1. The maximum absolute atomic E-state index is 11.3. The number of rotatable bonds is 6. The summed E-state index contributed by atoms with van der Waals surface area (Å²) in [5.74, 6) is 0.430. The Morgan fingerprint density at radius 1 is 1.61 bits per heavy atom. The Morgan fingerprint density at radius 2 is 2.33 bits per heavy atom. The van der Waals surface area contributed by atoms with Gasteiger partial charge in [0.25, 0.3) is 0 Å². The fraction of sp³-hybridized carbons (Fsp3) is 0.538. The third-order valence-corrected chi connectivity index (χ3v) is 2.89. The minimum Gasteiger partial charge on any atom is -0.463 e. The number of furan rings is 1. The van der Waals surface area contributed by atoms with Gasteiger partial charge in [0.05, 0.1) is 19.2 Å². The van der Waals surface area contributed by atoms with Crippen LogP contribution in [0.4, 0.5) is 0 Å². The van der Waals surface area contributed by atoms with Crippen LogP contribution in [0.1, 0.15) is 42.6 Å². The summed E-state index contributed by atoms with van der Waals surface area (Å²) >= 11 is 0. The average Bonchev–Trinajstić information content (AvgIpc) is 2.88. The van der Waals surface area contributed by atoms with Gasteiger partial charge >= 0.3 is 5.97 Å². The first-order chi connectivity index (χ1) is 8.63. The molecule has 1 rings (SSSR count). The van der Waals surface area contributed by atoms with E-state index in [9.17, 15) is 4.79 Å². The van der Waals surface area contributed by atoms with Crippen molar-refractivity contribution >= 4 is 5.97 Å². The average molecular weight is 250 g/mol. The molecule has 0 fully saturated rings. The lowest BCUT2D eigenvalue weighted by atomic mass is 10.2. The van der Waals surface area contributed by atoms with Gasteiger partial charge in [0.1, 0.15) is 5.76 Å². The van der Waals surface area contributed by atoms with Gasteiger partial charge < -0.3 is 9.15 Å². The van der Waals surface area contributed by atoms with Crippen LogP contribution >= 0.6 is 0 Å². The van der Waals surface area contributed by atoms with Crippen molar-refractivity contribution in [2.24, 2.45) is 0 Å². The smallest absolute Gasteiger partial charge is 0.373 e. The summed E-state index contributed by atoms with van der Waals surface area (Å²) in [6.07, 6.45) is 0.475. The Bertz CT molecular complexity index is 434. The topological polar surface area (TPSA) is 66.5 Å². The minimum atomic E-state index is -0.478. The van der Waals surface area contributed by atoms with E-state index in [0.717, 1.165) is 6.54 Å². The van der Waals surface area contributed by atoms with Crippen LogP contribution in [0, 0.1) is 11.3 Å². The Balaban J connectivity index is 2.76. The molecule has 98 valence electrons. The molecular formula is C13H18N2O3. The van der Waals surface area contributed by atoms with E-state index in [-0.39, 0.29) is 11.8 Å². The van der Waals surface area contributed by atoms with Crippen LogP contribution in [-0.4, -0.2) is 31.1 Å². The highest BCUT2D eigenvalue weighted by molar-refractivity contribution is 5.86. The second kappa shape index (κ2) is 6.82. The van der Waals surface area contributed by atoms with Gasteiger partial charge in [0.15, 0.2) is 0 Å².